The van der Waals surface area contributed by atoms with E-state index in [0.29, 0.717) is 33.8 Å². The molecule has 0 bridgehead atoms. The number of hydrogen-bond acceptors (Lipinski definition) is 18. The molecule has 0 saturated heterocycles. The zero-order valence-corrected chi connectivity index (χ0v) is 45.7. The smallest absolute Gasteiger partial charge is 0.320 e. The van der Waals surface area contributed by atoms with Gasteiger partial charge < -0.3 is 44.4 Å². The van der Waals surface area contributed by atoms with Crippen LogP contribution in [-0.2, 0) is 76.5 Å². The quantitative estimate of drug-likeness (QED) is 0.0250. The second-order valence-corrected chi connectivity index (χ2v) is 21.2. The van der Waals surface area contributed by atoms with E-state index in [2.05, 4.69) is 30.9 Å². The van der Waals surface area contributed by atoms with Crippen LogP contribution in [0.2, 0.25) is 0 Å². The van der Waals surface area contributed by atoms with E-state index in [1.807, 2.05) is 83.1 Å². The van der Waals surface area contributed by atoms with Gasteiger partial charge in [-0.05, 0) is 108 Å². The summed E-state index contributed by atoms with van der Waals surface area (Å²) in [5, 5.41) is 9.66. The number of esters is 6. The highest BCUT2D eigenvalue weighted by Gasteiger charge is 2.33. The van der Waals surface area contributed by atoms with Crippen LogP contribution in [0, 0.1) is 53.3 Å². The van der Waals surface area contributed by atoms with Crippen molar-refractivity contribution in [3.05, 3.63) is 89.5 Å². The Morgan fingerprint density at radius 1 is 0.320 bits per heavy atom. The Hall–Kier alpha value is -7.11. The van der Waals surface area contributed by atoms with Crippen LogP contribution >= 0.6 is 0 Å². The minimum absolute atomic E-state index is 0.0653. The van der Waals surface area contributed by atoms with Crippen molar-refractivity contribution in [2.45, 2.75) is 102 Å². The van der Waals surface area contributed by atoms with Gasteiger partial charge in [-0.3, -0.25) is 28.8 Å². The molecule has 0 aliphatic rings. The molecule has 18 nitrogen and oxygen atoms in total. The van der Waals surface area contributed by atoms with Crippen LogP contribution < -0.4 is 16.0 Å². The number of rotatable bonds is 30. The maximum atomic E-state index is 13.1. The van der Waals surface area contributed by atoms with Crippen LogP contribution in [-0.4, -0.2) is 90.4 Å². The Labute approximate surface area is 442 Å². The zero-order valence-electron chi connectivity index (χ0n) is 45.7. The molecule has 0 unspecified atom stereocenters. The van der Waals surface area contributed by atoms with E-state index in [-0.39, 0.29) is 112 Å². The van der Waals surface area contributed by atoms with E-state index in [1.54, 1.807) is 72.8 Å². The van der Waals surface area contributed by atoms with Crippen molar-refractivity contribution < 1.29 is 57.2 Å². The number of ether oxygens (including phenoxy) is 6. The lowest BCUT2D eigenvalue weighted by molar-refractivity contribution is -0.165. The first-order valence-electron chi connectivity index (χ1n) is 25.9. The largest absolute Gasteiger partial charge is 0.465 e. The van der Waals surface area contributed by atoms with Crippen LogP contribution in [0.5, 0.6) is 0 Å². The monoisotopic (exact) mass is 1040 g/mol. The van der Waals surface area contributed by atoms with Crippen molar-refractivity contribution in [1.29, 1.82) is 0 Å². The highest BCUT2D eigenvalue weighted by molar-refractivity contribution is 5.96. The summed E-state index contributed by atoms with van der Waals surface area (Å²) in [5.41, 5.74) is 3.82. The van der Waals surface area contributed by atoms with E-state index in [0.717, 1.165) is 0 Å². The number of hydrogen-bond donors (Lipinski definition) is 3. The van der Waals surface area contributed by atoms with E-state index >= 15 is 0 Å². The molecule has 0 aliphatic carbocycles. The van der Waals surface area contributed by atoms with Gasteiger partial charge in [0.05, 0.1) is 39.6 Å². The topological polar surface area (TPSA) is 233 Å². The van der Waals surface area contributed by atoms with Gasteiger partial charge >= 0.3 is 35.8 Å². The van der Waals surface area contributed by atoms with Crippen LogP contribution in [0.4, 0.5) is 34.9 Å². The summed E-state index contributed by atoms with van der Waals surface area (Å²) in [6.45, 7) is 24.0. The van der Waals surface area contributed by atoms with Crippen molar-refractivity contribution in [3.63, 3.8) is 0 Å². The standard InChI is InChI=1S/C57H78N6O12/c1-34(2)28-70-49(64)46(50(65)71-29-35(3)4)25-40-13-19-43(20-14-40)58-55-61-56(59-44-21-15-41(16-22-44)26-47(51(66)72-30-36(5)6)52(67)73-31-37(7)8)63-57(62-55)60-45-23-17-42(18-24-45)27-48(53(68)74-32-38(9)10)54(69)75-33-39(11)12/h13-24,34-39,46-48H,25-33H2,1-12H3,(H3,58,59,60,61,62,63). The summed E-state index contributed by atoms with van der Waals surface area (Å²) in [6, 6.07) is 21.3. The molecule has 408 valence electrons. The average Bonchev–Trinajstić information content (AvgIpc) is 3.35. The van der Waals surface area contributed by atoms with Gasteiger partial charge in [-0.25, -0.2) is 0 Å². The maximum Gasteiger partial charge on any atom is 0.320 e. The van der Waals surface area contributed by atoms with Crippen molar-refractivity contribution in [3.8, 4) is 0 Å². The van der Waals surface area contributed by atoms with Gasteiger partial charge in [0.1, 0.15) is 0 Å². The van der Waals surface area contributed by atoms with Gasteiger partial charge in [0, 0.05) is 17.1 Å². The summed E-state index contributed by atoms with van der Waals surface area (Å²) in [5.74, 6) is -6.34. The molecular weight excluding hydrogens is 961 g/mol. The fourth-order valence-electron chi connectivity index (χ4n) is 6.70. The maximum absolute atomic E-state index is 13.1. The Morgan fingerprint density at radius 2 is 0.493 bits per heavy atom. The third kappa shape index (κ3) is 22.1. The van der Waals surface area contributed by atoms with Gasteiger partial charge in [0.25, 0.3) is 0 Å². The number of nitrogens with one attached hydrogen (secondary N) is 3. The second-order valence-electron chi connectivity index (χ2n) is 21.2. The molecule has 0 radical (unpaired) electrons. The SMILES string of the molecule is CC(C)COC(=O)C(Cc1ccc(Nc2nc(Nc3ccc(CC(C(=O)OCC(C)C)C(=O)OCC(C)C)cc3)nc(Nc3ccc(CC(C(=O)OCC(C)C)C(=O)OCC(C)C)cc3)n2)cc1)C(=O)OCC(C)C. The van der Waals surface area contributed by atoms with Gasteiger partial charge in [-0.2, -0.15) is 15.0 Å². The number of benzene rings is 3. The Morgan fingerprint density at radius 3 is 0.653 bits per heavy atom. The molecule has 0 spiro atoms. The van der Waals surface area contributed by atoms with Crippen molar-refractivity contribution in [2.24, 2.45) is 53.3 Å². The zero-order chi connectivity index (χ0) is 55.2. The van der Waals surface area contributed by atoms with Gasteiger partial charge in [0.2, 0.25) is 17.8 Å². The highest BCUT2D eigenvalue weighted by atomic mass is 16.6. The predicted octanol–water partition coefficient (Wildman–Crippen LogP) is 9.77. The predicted molar refractivity (Wildman–Crippen MR) is 285 cm³/mol. The molecule has 18 heteroatoms. The average molecular weight is 1040 g/mol. The summed E-state index contributed by atoms with van der Waals surface area (Å²) < 4.78 is 32.7. The fraction of sp³-hybridized carbons (Fsp3) is 0.526. The second kappa shape index (κ2) is 30.3. The lowest BCUT2D eigenvalue weighted by atomic mass is 9.99. The van der Waals surface area contributed by atoms with Crippen LogP contribution in [0.15, 0.2) is 72.8 Å². The summed E-state index contributed by atoms with van der Waals surface area (Å²) in [7, 11) is 0. The van der Waals surface area contributed by atoms with Gasteiger partial charge in [0.15, 0.2) is 17.8 Å². The Kier molecular flexibility index (Phi) is 24.4. The Bertz CT molecular complexity index is 2100. The number of carbonyl (C=O) groups is 6. The molecule has 75 heavy (non-hydrogen) atoms. The normalized spacial score (nSPS) is 11.5. The minimum atomic E-state index is -1.15. The van der Waals surface area contributed by atoms with Crippen LogP contribution in [0.3, 0.4) is 0 Å². The molecule has 4 aromatic rings. The molecule has 3 N–H and O–H groups in total. The lowest BCUT2D eigenvalue weighted by Gasteiger charge is -2.18. The van der Waals surface area contributed by atoms with Crippen LogP contribution in [0.1, 0.15) is 99.8 Å². The molecule has 3 aromatic carbocycles. The number of anilines is 6. The first-order chi connectivity index (χ1) is 35.5. The molecule has 0 amide bonds. The summed E-state index contributed by atoms with van der Waals surface area (Å²) in [6.07, 6.45) is 0.196. The molecule has 0 saturated carbocycles. The molecule has 1 heterocycles. The number of nitrogens with zero attached hydrogens (tertiary/aromatic N) is 3. The van der Waals surface area contributed by atoms with Crippen molar-refractivity contribution in [1.82, 2.24) is 15.0 Å². The first kappa shape index (κ1) is 60.4. The fourth-order valence-corrected chi connectivity index (χ4v) is 6.70. The number of aromatic nitrogens is 3. The third-order valence-electron chi connectivity index (χ3n) is 10.6. The first-order valence-corrected chi connectivity index (χ1v) is 25.9. The van der Waals surface area contributed by atoms with Crippen molar-refractivity contribution in [2.75, 3.05) is 55.6 Å². The van der Waals surface area contributed by atoms with E-state index in [4.69, 9.17) is 28.4 Å². The van der Waals surface area contributed by atoms with Crippen LogP contribution in [0.25, 0.3) is 0 Å². The minimum Gasteiger partial charge on any atom is -0.465 e. The lowest BCUT2D eigenvalue weighted by Crippen LogP contribution is -2.31. The van der Waals surface area contributed by atoms with Gasteiger partial charge in [-0.1, -0.05) is 119 Å². The van der Waals surface area contributed by atoms with E-state index in [9.17, 15) is 28.8 Å². The van der Waals surface area contributed by atoms with E-state index in [1.165, 1.54) is 0 Å². The van der Waals surface area contributed by atoms with Gasteiger partial charge in [-0.15, -0.1) is 0 Å². The van der Waals surface area contributed by atoms with Crippen molar-refractivity contribution >= 4 is 70.7 Å². The highest BCUT2D eigenvalue weighted by Crippen LogP contribution is 2.25. The molecular formula is C57H78N6O12. The molecule has 4 rings (SSSR count). The number of carbonyl (C=O) groups excluding carboxylic acids is 6. The summed E-state index contributed by atoms with van der Waals surface area (Å²) in [4.78, 5) is 92.6. The Balaban J connectivity index is 1.62. The molecule has 1 aromatic heterocycles. The summed E-state index contributed by atoms with van der Waals surface area (Å²) >= 11 is 0. The third-order valence-corrected chi connectivity index (χ3v) is 10.6. The molecule has 0 aliphatic heterocycles. The molecule has 0 atom stereocenters. The van der Waals surface area contributed by atoms with E-state index < -0.39 is 53.6 Å². The molecule has 0 fully saturated rings.